The van der Waals surface area contributed by atoms with Gasteiger partial charge in [0.1, 0.15) is 6.04 Å². The van der Waals surface area contributed by atoms with Gasteiger partial charge in [0, 0.05) is 19.0 Å². The van der Waals surface area contributed by atoms with Crippen molar-refractivity contribution in [2.45, 2.75) is 78.8 Å². The lowest BCUT2D eigenvalue weighted by molar-refractivity contribution is -0.137. The molecule has 1 N–H and O–H groups in total. The van der Waals surface area contributed by atoms with Gasteiger partial charge in [0.25, 0.3) is 0 Å². The molecule has 1 fully saturated rings. The summed E-state index contributed by atoms with van der Waals surface area (Å²) >= 11 is 0. The van der Waals surface area contributed by atoms with E-state index in [0.29, 0.717) is 6.42 Å². The lowest BCUT2D eigenvalue weighted by Gasteiger charge is -2.34. The van der Waals surface area contributed by atoms with Crippen molar-refractivity contribution in [1.29, 1.82) is 0 Å². The second-order valence-electron chi connectivity index (χ2n) is 7.01. The summed E-state index contributed by atoms with van der Waals surface area (Å²) in [6.45, 7) is 10.9. The van der Waals surface area contributed by atoms with E-state index in [9.17, 15) is 9.59 Å². The number of rotatable bonds is 5. The Kier molecular flexibility index (Phi) is 6.03. The Bertz CT molecular complexity index is 347. The Labute approximate surface area is 123 Å². The van der Waals surface area contributed by atoms with Crippen molar-refractivity contribution in [1.82, 2.24) is 10.2 Å². The number of hydrogen-bond donors (Lipinski definition) is 1. The molecule has 0 saturated carbocycles. The maximum absolute atomic E-state index is 12.7. The lowest BCUT2D eigenvalue weighted by Crippen LogP contribution is -2.52. The van der Waals surface area contributed by atoms with E-state index < -0.39 is 6.04 Å². The molecule has 2 amide bonds. The second kappa shape index (κ2) is 7.09. The molecule has 4 heteroatoms. The molecule has 0 radical (unpaired) electrons. The van der Waals surface area contributed by atoms with Gasteiger partial charge in [-0.1, -0.05) is 47.0 Å². The molecule has 116 valence electrons. The van der Waals surface area contributed by atoms with E-state index >= 15 is 0 Å². The first-order chi connectivity index (χ1) is 9.27. The van der Waals surface area contributed by atoms with E-state index in [-0.39, 0.29) is 23.3 Å². The number of nitrogens with one attached hydrogen (secondary N) is 1. The third-order valence-corrected chi connectivity index (χ3v) is 3.97. The number of unbranched alkanes of at least 4 members (excludes halogenated alkanes) is 3. The van der Waals surface area contributed by atoms with E-state index in [1.807, 2.05) is 32.6 Å². The van der Waals surface area contributed by atoms with Crippen molar-refractivity contribution in [2.24, 2.45) is 5.41 Å². The molecule has 2 unspecified atom stereocenters. The van der Waals surface area contributed by atoms with Crippen LogP contribution in [0.4, 0.5) is 0 Å². The first-order valence-electron chi connectivity index (χ1n) is 7.87. The highest BCUT2D eigenvalue weighted by molar-refractivity contribution is 5.91. The molecule has 4 nitrogen and oxygen atoms in total. The molecular formula is C16H30N2O2. The van der Waals surface area contributed by atoms with Crippen molar-refractivity contribution in [3.63, 3.8) is 0 Å². The quantitative estimate of drug-likeness (QED) is 0.788. The van der Waals surface area contributed by atoms with Gasteiger partial charge in [-0.05, 0) is 18.8 Å². The molecule has 0 aromatic rings. The minimum Gasteiger partial charge on any atom is -0.344 e. The SMILES string of the molecule is CCCCCCN1C(=O)C(C(C)(C)C)NC(=O)CC1C. The molecule has 20 heavy (non-hydrogen) atoms. The van der Waals surface area contributed by atoms with Crippen LogP contribution in [0.5, 0.6) is 0 Å². The van der Waals surface area contributed by atoms with Crippen LogP contribution in [-0.4, -0.2) is 35.3 Å². The third kappa shape index (κ3) is 4.50. The van der Waals surface area contributed by atoms with Crippen LogP contribution in [0.1, 0.15) is 66.7 Å². The van der Waals surface area contributed by atoms with Crippen molar-refractivity contribution < 1.29 is 9.59 Å². The highest BCUT2D eigenvalue weighted by atomic mass is 16.2. The molecule has 1 saturated heterocycles. The van der Waals surface area contributed by atoms with E-state index in [1.54, 1.807) is 0 Å². The first-order valence-corrected chi connectivity index (χ1v) is 7.87. The van der Waals surface area contributed by atoms with Gasteiger partial charge in [0.05, 0.1) is 0 Å². The van der Waals surface area contributed by atoms with Crippen LogP contribution >= 0.6 is 0 Å². The predicted molar refractivity (Wildman–Crippen MR) is 81.3 cm³/mol. The van der Waals surface area contributed by atoms with Gasteiger partial charge in [0.15, 0.2) is 0 Å². The molecule has 0 aliphatic carbocycles. The van der Waals surface area contributed by atoms with Gasteiger partial charge in [-0.25, -0.2) is 0 Å². The van der Waals surface area contributed by atoms with Crippen molar-refractivity contribution >= 4 is 11.8 Å². The van der Waals surface area contributed by atoms with E-state index in [1.165, 1.54) is 12.8 Å². The fourth-order valence-electron chi connectivity index (χ4n) is 2.67. The minimum atomic E-state index is -0.411. The molecular weight excluding hydrogens is 252 g/mol. The van der Waals surface area contributed by atoms with Gasteiger partial charge >= 0.3 is 0 Å². The lowest BCUT2D eigenvalue weighted by atomic mass is 9.86. The van der Waals surface area contributed by atoms with Gasteiger partial charge < -0.3 is 10.2 Å². The standard InChI is InChI=1S/C16H30N2O2/c1-6-7-8-9-10-18-12(2)11-13(19)17-14(15(18)20)16(3,4)5/h12,14H,6-11H2,1-5H3,(H,17,19). The Hall–Kier alpha value is -1.06. The Morgan fingerprint density at radius 2 is 1.85 bits per heavy atom. The van der Waals surface area contributed by atoms with Crippen LogP contribution in [-0.2, 0) is 9.59 Å². The van der Waals surface area contributed by atoms with Crippen molar-refractivity contribution in [3.8, 4) is 0 Å². The van der Waals surface area contributed by atoms with E-state index in [2.05, 4.69) is 12.2 Å². The molecule has 2 atom stereocenters. The number of hydrogen-bond acceptors (Lipinski definition) is 2. The molecule has 0 spiro atoms. The monoisotopic (exact) mass is 282 g/mol. The van der Waals surface area contributed by atoms with Crippen molar-refractivity contribution in [3.05, 3.63) is 0 Å². The summed E-state index contributed by atoms with van der Waals surface area (Å²) in [5.41, 5.74) is -0.252. The molecule has 0 aromatic heterocycles. The molecule has 0 aromatic carbocycles. The summed E-state index contributed by atoms with van der Waals surface area (Å²) in [4.78, 5) is 26.6. The topological polar surface area (TPSA) is 49.4 Å². The normalized spacial score (nSPS) is 24.6. The van der Waals surface area contributed by atoms with Crippen LogP contribution in [0.3, 0.4) is 0 Å². The maximum atomic E-state index is 12.7. The minimum absolute atomic E-state index is 0.00326. The Morgan fingerprint density at radius 3 is 2.40 bits per heavy atom. The molecule has 1 aliphatic heterocycles. The number of carbonyl (C=O) groups excluding carboxylic acids is 2. The summed E-state index contributed by atoms with van der Waals surface area (Å²) < 4.78 is 0. The van der Waals surface area contributed by atoms with E-state index in [0.717, 1.165) is 19.4 Å². The number of carbonyl (C=O) groups is 2. The smallest absolute Gasteiger partial charge is 0.245 e. The van der Waals surface area contributed by atoms with Crippen LogP contribution in [0.25, 0.3) is 0 Å². The fraction of sp³-hybridized carbons (Fsp3) is 0.875. The third-order valence-electron chi connectivity index (χ3n) is 3.97. The largest absolute Gasteiger partial charge is 0.344 e. The van der Waals surface area contributed by atoms with Crippen molar-refractivity contribution in [2.75, 3.05) is 6.54 Å². The van der Waals surface area contributed by atoms with Gasteiger partial charge in [0.2, 0.25) is 11.8 Å². The van der Waals surface area contributed by atoms with Crippen LogP contribution in [0, 0.1) is 5.41 Å². The van der Waals surface area contributed by atoms with Gasteiger partial charge in [-0.3, -0.25) is 9.59 Å². The molecule has 1 rings (SSSR count). The first kappa shape index (κ1) is 17.0. The number of nitrogens with zero attached hydrogens (tertiary/aromatic N) is 1. The Balaban J connectivity index is 2.78. The second-order valence-corrected chi connectivity index (χ2v) is 7.01. The molecule has 0 bridgehead atoms. The van der Waals surface area contributed by atoms with Crippen LogP contribution in [0.2, 0.25) is 0 Å². The predicted octanol–water partition coefficient (Wildman–Crippen LogP) is 2.72. The highest BCUT2D eigenvalue weighted by Crippen LogP contribution is 2.25. The average molecular weight is 282 g/mol. The summed E-state index contributed by atoms with van der Waals surface area (Å²) in [7, 11) is 0. The molecule has 1 aliphatic rings. The summed E-state index contributed by atoms with van der Waals surface area (Å²) in [6.07, 6.45) is 4.97. The zero-order valence-electron chi connectivity index (χ0n) is 13.7. The van der Waals surface area contributed by atoms with E-state index in [4.69, 9.17) is 0 Å². The summed E-state index contributed by atoms with van der Waals surface area (Å²) in [6, 6.07) is -0.414. The fourth-order valence-corrected chi connectivity index (χ4v) is 2.67. The summed E-state index contributed by atoms with van der Waals surface area (Å²) in [5, 5.41) is 2.90. The van der Waals surface area contributed by atoms with Gasteiger partial charge in [-0.15, -0.1) is 0 Å². The Morgan fingerprint density at radius 1 is 1.20 bits per heavy atom. The van der Waals surface area contributed by atoms with Gasteiger partial charge in [-0.2, -0.15) is 0 Å². The number of amides is 2. The van der Waals surface area contributed by atoms with Crippen LogP contribution < -0.4 is 5.32 Å². The zero-order valence-corrected chi connectivity index (χ0v) is 13.7. The molecule has 1 heterocycles. The van der Waals surface area contributed by atoms with Crippen LogP contribution in [0.15, 0.2) is 0 Å². The highest BCUT2D eigenvalue weighted by Gasteiger charge is 2.39. The summed E-state index contributed by atoms with van der Waals surface area (Å²) in [5.74, 6) is 0.0641. The maximum Gasteiger partial charge on any atom is 0.245 e. The zero-order chi connectivity index (χ0) is 15.3. The average Bonchev–Trinajstić information content (AvgIpc) is 2.43.